The highest BCUT2D eigenvalue weighted by molar-refractivity contribution is 7.47. The number of aromatic nitrogens is 2. The fourth-order valence-corrected chi connectivity index (χ4v) is 4.75. The second-order valence-electron chi connectivity index (χ2n) is 10.7. The molecule has 0 spiro atoms. The minimum Gasteiger partial charge on any atom is -0.462 e. The summed E-state index contributed by atoms with van der Waals surface area (Å²) in [5.74, 6) is -2.73. The zero-order valence-electron chi connectivity index (χ0n) is 28.3. The number of amides is 3. The van der Waals surface area contributed by atoms with Crippen molar-refractivity contribution >= 4 is 44.0 Å². The van der Waals surface area contributed by atoms with Gasteiger partial charge in [0.25, 0.3) is 6.47 Å². The van der Waals surface area contributed by atoms with Gasteiger partial charge < -0.3 is 45.4 Å². The van der Waals surface area contributed by atoms with Crippen LogP contribution in [0, 0.1) is 0 Å². The number of ether oxygens (including phenoxy) is 3. The molecule has 0 radical (unpaired) electrons. The maximum Gasteiger partial charge on any atom is 0.472 e. The minimum atomic E-state index is -4.51. The zero-order chi connectivity index (χ0) is 36.7. The van der Waals surface area contributed by atoms with E-state index in [4.69, 9.17) is 23.3 Å². The van der Waals surface area contributed by atoms with Crippen LogP contribution in [0.25, 0.3) is 0 Å². The van der Waals surface area contributed by atoms with E-state index in [-0.39, 0.29) is 51.9 Å². The number of rotatable bonds is 27. The van der Waals surface area contributed by atoms with E-state index in [9.17, 15) is 38.2 Å². The maximum atomic E-state index is 12.9. The van der Waals surface area contributed by atoms with Crippen LogP contribution in [0.15, 0.2) is 12.5 Å². The molecule has 0 aromatic carbocycles. The van der Waals surface area contributed by atoms with Gasteiger partial charge >= 0.3 is 19.8 Å². The number of imidazole rings is 1. The van der Waals surface area contributed by atoms with Crippen LogP contribution >= 0.6 is 7.82 Å². The Morgan fingerprint density at radius 2 is 1.78 bits per heavy atom. The van der Waals surface area contributed by atoms with Crippen molar-refractivity contribution in [2.24, 2.45) is 0 Å². The summed E-state index contributed by atoms with van der Waals surface area (Å²) in [5.41, 5.74) is 0.542. The summed E-state index contributed by atoms with van der Waals surface area (Å²) in [4.78, 5) is 88.1. The topological polar surface area (TPSA) is 263 Å². The van der Waals surface area contributed by atoms with Crippen LogP contribution in [0.1, 0.15) is 71.9 Å². The average molecular weight is 721 g/mol. The van der Waals surface area contributed by atoms with E-state index in [0.29, 0.717) is 31.5 Å². The number of aromatic amines is 1. The van der Waals surface area contributed by atoms with Gasteiger partial charge in [0.15, 0.2) is 12.3 Å². The molecule has 0 fully saturated rings. The zero-order valence-corrected chi connectivity index (χ0v) is 29.2. The van der Waals surface area contributed by atoms with Gasteiger partial charge in [-0.15, -0.1) is 0 Å². The number of nitrogens with one attached hydrogen (secondary N) is 5. The maximum absolute atomic E-state index is 12.9. The fraction of sp³-hybridized carbons (Fsp3) is 0.690. The Bertz CT molecular complexity index is 1220. The van der Waals surface area contributed by atoms with Crippen LogP contribution in [-0.2, 0) is 63.0 Å². The van der Waals surface area contributed by atoms with Crippen LogP contribution < -0.4 is 21.3 Å². The molecule has 0 aliphatic heterocycles. The van der Waals surface area contributed by atoms with Crippen molar-refractivity contribution in [2.75, 3.05) is 32.9 Å². The highest BCUT2D eigenvalue weighted by atomic mass is 31.2. The molecule has 0 bridgehead atoms. The number of carbonyl (C=O) groups is 6. The third kappa shape index (κ3) is 20.3. The molecule has 0 aliphatic carbocycles. The van der Waals surface area contributed by atoms with Gasteiger partial charge in [0.1, 0.15) is 18.7 Å². The summed E-state index contributed by atoms with van der Waals surface area (Å²) in [5, 5.41) is 10.6. The first kappa shape index (κ1) is 43.1. The van der Waals surface area contributed by atoms with Crippen molar-refractivity contribution < 1.29 is 61.5 Å². The number of hydrogen-bond acceptors (Lipinski definition) is 14. The lowest BCUT2D eigenvalue weighted by atomic mass is 10.1. The number of carbonyl (C=O) groups excluding carboxylic acids is 6. The Balaban J connectivity index is 2.43. The van der Waals surface area contributed by atoms with Crippen molar-refractivity contribution in [1.82, 2.24) is 31.2 Å². The van der Waals surface area contributed by atoms with Crippen LogP contribution in [-0.4, -0.2) is 108 Å². The summed E-state index contributed by atoms with van der Waals surface area (Å²) in [6, 6.07) is -1.94. The van der Waals surface area contributed by atoms with Gasteiger partial charge in [-0.3, -0.25) is 37.8 Å². The number of unbranched alkanes of at least 4 members (excludes halogenated alkanes) is 1. The van der Waals surface area contributed by atoms with E-state index < -0.39 is 68.5 Å². The summed E-state index contributed by atoms with van der Waals surface area (Å²) >= 11 is 0. The second kappa shape index (κ2) is 24.3. The Morgan fingerprint density at radius 1 is 1.02 bits per heavy atom. The highest BCUT2D eigenvalue weighted by Crippen LogP contribution is 2.43. The normalized spacial score (nSPS) is 14.6. The van der Waals surface area contributed by atoms with Gasteiger partial charge in [-0.2, -0.15) is 0 Å². The second-order valence-corrected chi connectivity index (χ2v) is 12.2. The van der Waals surface area contributed by atoms with E-state index in [1.165, 1.54) is 20.2 Å². The summed E-state index contributed by atoms with van der Waals surface area (Å²) in [7, 11) is -4.51. The largest absolute Gasteiger partial charge is 0.472 e. The first-order chi connectivity index (χ1) is 23.3. The van der Waals surface area contributed by atoms with Crippen LogP contribution in [0.2, 0.25) is 0 Å². The van der Waals surface area contributed by atoms with E-state index in [1.807, 2.05) is 0 Å². The molecule has 19 nitrogen and oxygen atoms in total. The molecular weight excluding hydrogens is 671 g/mol. The average Bonchev–Trinajstić information content (AvgIpc) is 3.55. The minimum absolute atomic E-state index is 0.103. The Hall–Kier alpha value is -3.90. The third-order valence-corrected chi connectivity index (χ3v) is 7.43. The van der Waals surface area contributed by atoms with E-state index in [1.54, 1.807) is 20.0 Å². The molecule has 0 saturated carbocycles. The van der Waals surface area contributed by atoms with Crippen molar-refractivity contribution in [1.29, 1.82) is 0 Å². The van der Waals surface area contributed by atoms with Gasteiger partial charge in [-0.25, -0.2) is 9.55 Å². The van der Waals surface area contributed by atoms with E-state index in [0.717, 1.165) is 0 Å². The van der Waals surface area contributed by atoms with Crippen molar-refractivity contribution in [3.05, 3.63) is 18.2 Å². The molecule has 1 rings (SSSR count). The van der Waals surface area contributed by atoms with Gasteiger partial charge in [0.05, 0.1) is 25.2 Å². The molecule has 20 heteroatoms. The van der Waals surface area contributed by atoms with Gasteiger partial charge in [-0.05, 0) is 39.2 Å². The molecule has 6 N–H and O–H groups in total. The van der Waals surface area contributed by atoms with Crippen molar-refractivity contribution in [3.63, 3.8) is 0 Å². The van der Waals surface area contributed by atoms with Gasteiger partial charge in [0, 0.05) is 38.9 Å². The molecule has 3 amide bonds. The molecule has 49 heavy (non-hydrogen) atoms. The number of H-pyrrole nitrogens is 1. The van der Waals surface area contributed by atoms with Gasteiger partial charge in [-0.1, -0.05) is 13.8 Å². The molecule has 5 atom stereocenters. The number of phosphoric ester groups is 1. The Kier molecular flexibility index (Phi) is 21.4. The number of phosphoric acid groups is 1. The molecule has 5 unspecified atom stereocenters. The number of nitrogens with zero attached hydrogens (tertiary/aromatic N) is 1. The van der Waals surface area contributed by atoms with E-state index in [2.05, 4.69) is 31.2 Å². The molecule has 1 aromatic heterocycles. The lowest BCUT2D eigenvalue weighted by Gasteiger charge is -2.22. The quantitative estimate of drug-likeness (QED) is 0.0176. The molecule has 0 aliphatic rings. The third-order valence-electron chi connectivity index (χ3n) is 6.44. The first-order valence-corrected chi connectivity index (χ1v) is 17.4. The monoisotopic (exact) mass is 720 g/mol. The fourth-order valence-electron chi connectivity index (χ4n) is 3.99. The first-order valence-electron chi connectivity index (χ1n) is 15.9. The molecule has 1 heterocycles. The predicted octanol–water partition coefficient (Wildman–Crippen LogP) is 0.136. The summed E-state index contributed by atoms with van der Waals surface area (Å²) < 4.78 is 37.1. The highest BCUT2D eigenvalue weighted by Gasteiger charge is 2.27. The molecular formula is C29H49N6O13P. The molecule has 1 aromatic rings. The van der Waals surface area contributed by atoms with Crippen molar-refractivity contribution in [3.8, 4) is 0 Å². The lowest BCUT2D eigenvalue weighted by molar-refractivity contribution is -0.161. The summed E-state index contributed by atoms with van der Waals surface area (Å²) in [6.07, 6.45) is 3.07. The van der Waals surface area contributed by atoms with Crippen molar-refractivity contribution in [2.45, 2.75) is 97.1 Å². The summed E-state index contributed by atoms with van der Waals surface area (Å²) in [6.45, 7) is 5.82. The predicted molar refractivity (Wildman–Crippen MR) is 171 cm³/mol. The smallest absolute Gasteiger partial charge is 0.462 e. The SMILES string of the molecule is CCCC(=O)OC(COC(=O)CC)COP(=O)(O)OCCNCCCCC(NC(C)=O)C(=O)NC(C)C(=O)NC(Cc1c[nH]cn1)OC=O. The van der Waals surface area contributed by atoms with Crippen LogP contribution in [0.3, 0.4) is 0 Å². The molecule has 0 saturated heterocycles. The molecule has 278 valence electrons. The number of esters is 2. The Labute approximate surface area is 284 Å². The van der Waals surface area contributed by atoms with Crippen LogP contribution in [0.5, 0.6) is 0 Å². The lowest BCUT2D eigenvalue weighted by Crippen LogP contribution is -2.54. The number of hydrogen-bond donors (Lipinski definition) is 6. The Morgan fingerprint density at radius 3 is 2.41 bits per heavy atom. The van der Waals surface area contributed by atoms with Gasteiger partial charge in [0.2, 0.25) is 17.7 Å². The van der Waals surface area contributed by atoms with Crippen LogP contribution in [0.4, 0.5) is 0 Å². The van der Waals surface area contributed by atoms with E-state index >= 15 is 0 Å². The standard InChI is InChI=1S/C29H49N6O13P/c1-5-9-27(39)48-23(16-44-26(38)6-2)17-47-49(42,43)46-13-12-30-11-8-7-10-24(34-21(4)37)29(41)33-20(3)28(40)35-25(45-19-36)14-22-15-31-18-32-22/h15,18-20,23-25,30H,5-14,16-17H2,1-4H3,(H,31,32)(H,33,41)(H,34,37)(H,35,40)(H,42,43).